The quantitative estimate of drug-likeness (QED) is 0.487. The number of hydrogen-bond acceptors (Lipinski definition) is 6. The van der Waals surface area contributed by atoms with Gasteiger partial charge in [-0.25, -0.2) is 0 Å². The van der Waals surface area contributed by atoms with E-state index < -0.39 is 15.8 Å². The molecule has 2 aromatic rings. The zero-order valence-electron chi connectivity index (χ0n) is 12.9. The first kappa shape index (κ1) is 17.9. The third-order valence-electron chi connectivity index (χ3n) is 3.23. The van der Waals surface area contributed by atoms with Gasteiger partial charge in [-0.2, -0.15) is 0 Å². The standard InChI is InChI=1S/C15H12N4O5S/c1-9-2-5-11(8-13(9)19(23)24)16-15(25)17-14(20)10-3-6-12(7-4-10)18(21)22/h2-8H,1H3,(H2,16,17,20,25). The van der Waals surface area contributed by atoms with Crippen LogP contribution in [-0.4, -0.2) is 20.9 Å². The van der Waals surface area contributed by atoms with E-state index in [1.165, 1.54) is 30.3 Å². The SMILES string of the molecule is Cc1ccc(NC(=S)NC(=O)c2ccc([N+](=O)[O-])cc2)cc1[N+](=O)[O-]. The van der Waals surface area contributed by atoms with E-state index >= 15 is 0 Å². The van der Waals surface area contributed by atoms with Gasteiger partial charge in [-0.1, -0.05) is 6.07 Å². The smallest absolute Gasteiger partial charge is 0.274 e. The molecule has 2 aromatic carbocycles. The monoisotopic (exact) mass is 360 g/mol. The van der Waals surface area contributed by atoms with Crippen molar-refractivity contribution in [2.45, 2.75) is 6.92 Å². The van der Waals surface area contributed by atoms with E-state index in [1.807, 2.05) is 0 Å². The van der Waals surface area contributed by atoms with E-state index in [0.717, 1.165) is 0 Å². The number of rotatable bonds is 4. The first-order valence-corrected chi connectivity index (χ1v) is 7.30. The van der Waals surface area contributed by atoms with Crippen LogP contribution >= 0.6 is 12.2 Å². The topological polar surface area (TPSA) is 127 Å². The Hall–Kier alpha value is -3.40. The summed E-state index contributed by atoms with van der Waals surface area (Å²) in [6.07, 6.45) is 0. The number of anilines is 1. The van der Waals surface area contributed by atoms with Crippen LogP contribution in [0.3, 0.4) is 0 Å². The zero-order chi connectivity index (χ0) is 18.6. The summed E-state index contributed by atoms with van der Waals surface area (Å²) >= 11 is 5.00. The minimum Gasteiger partial charge on any atom is -0.332 e. The van der Waals surface area contributed by atoms with Gasteiger partial charge in [0.1, 0.15) is 0 Å². The summed E-state index contributed by atoms with van der Waals surface area (Å²) in [5.74, 6) is -0.561. The van der Waals surface area contributed by atoms with Gasteiger partial charge in [-0.05, 0) is 37.3 Å². The fraction of sp³-hybridized carbons (Fsp3) is 0.0667. The number of amides is 1. The molecule has 0 aliphatic rings. The van der Waals surface area contributed by atoms with Gasteiger partial charge in [0.25, 0.3) is 17.3 Å². The summed E-state index contributed by atoms with van der Waals surface area (Å²) in [5.41, 5.74) is 0.825. The molecule has 10 heteroatoms. The van der Waals surface area contributed by atoms with E-state index in [1.54, 1.807) is 19.1 Å². The number of nitro benzene ring substituents is 2. The van der Waals surface area contributed by atoms with Gasteiger partial charge in [-0.3, -0.25) is 30.3 Å². The van der Waals surface area contributed by atoms with Crippen molar-refractivity contribution >= 4 is 40.3 Å². The van der Waals surface area contributed by atoms with Crippen LogP contribution in [-0.2, 0) is 0 Å². The fourth-order valence-corrected chi connectivity index (χ4v) is 2.17. The Balaban J connectivity index is 2.04. The maximum absolute atomic E-state index is 12.0. The highest BCUT2D eigenvalue weighted by Gasteiger charge is 2.13. The van der Waals surface area contributed by atoms with Gasteiger partial charge in [0.15, 0.2) is 5.11 Å². The minimum absolute atomic E-state index is 0.0542. The number of nitrogens with one attached hydrogen (secondary N) is 2. The first-order valence-electron chi connectivity index (χ1n) is 6.90. The summed E-state index contributed by atoms with van der Waals surface area (Å²) in [5, 5.41) is 26.5. The zero-order valence-corrected chi connectivity index (χ0v) is 13.7. The number of nitrogens with zero attached hydrogens (tertiary/aromatic N) is 2. The third-order valence-corrected chi connectivity index (χ3v) is 3.44. The largest absolute Gasteiger partial charge is 0.332 e. The summed E-state index contributed by atoms with van der Waals surface area (Å²) in [6.45, 7) is 1.61. The van der Waals surface area contributed by atoms with Gasteiger partial charge < -0.3 is 5.32 Å². The molecule has 0 radical (unpaired) electrons. The van der Waals surface area contributed by atoms with Gasteiger partial charge >= 0.3 is 0 Å². The fourth-order valence-electron chi connectivity index (χ4n) is 1.96. The summed E-state index contributed by atoms with van der Waals surface area (Å²) in [4.78, 5) is 32.5. The molecule has 25 heavy (non-hydrogen) atoms. The van der Waals surface area contributed by atoms with Crippen molar-refractivity contribution in [3.63, 3.8) is 0 Å². The van der Waals surface area contributed by atoms with Crippen molar-refractivity contribution in [3.05, 3.63) is 73.8 Å². The predicted molar refractivity (Wildman–Crippen MR) is 94.6 cm³/mol. The Morgan fingerprint density at radius 2 is 1.68 bits per heavy atom. The van der Waals surface area contributed by atoms with Crippen LogP contribution in [0, 0.1) is 27.2 Å². The Morgan fingerprint density at radius 3 is 2.24 bits per heavy atom. The molecule has 0 atom stereocenters. The van der Waals surface area contributed by atoms with Crippen LogP contribution in [0.25, 0.3) is 0 Å². The molecule has 9 nitrogen and oxygen atoms in total. The van der Waals surface area contributed by atoms with Crippen LogP contribution in [0.1, 0.15) is 15.9 Å². The Kier molecular flexibility index (Phi) is 5.35. The highest BCUT2D eigenvalue weighted by atomic mass is 32.1. The molecule has 0 fully saturated rings. The second kappa shape index (κ2) is 7.45. The normalized spacial score (nSPS) is 9.96. The second-order valence-electron chi connectivity index (χ2n) is 4.97. The first-order chi connectivity index (χ1) is 11.8. The molecule has 128 valence electrons. The molecule has 0 aliphatic heterocycles. The number of aryl methyl sites for hydroxylation is 1. The lowest BCUT2D eigenvalue weighted by molar-refractivity contribution is -0.385. The van der Waals surface area contributed by atoms with Crippen molar-refractivity contribution in [1.82, 2.24) is 5.32 Å². The highest BCUT2D eigenvalue weighted by molar-refractivity contribution is 7.80. The van der Waals surface area contributed by atoms with Gasteiger partial charge in [0, 0.05) is 35.0 Å². The van der Waals surface area contributed by atoms with E-state index in [-0.39, 0.29) is 22.1 Å². The number of non-ortho nitro benzene ring substituents is 1. The van der Waals surface area contributed by atoms with Crippen molar-refractivity contribution in [2.75, 3.05) is 5.32 Å². The molecule has 0 spiro atoms. The van der Waals surface area contributed by atoms with Crippen molar-refractivity contribution in [1.29, 1.82) is 0 Å². The average molecular weight is 360 g/mol. The van der Waals surface area contributed by atoms with Gasteiger partial charge in [0.05, 0.1) is 9.85 Å². The number of carbonyl (C=O) groups is 1. The maximum Gasteiger partial charge on any atom is 0.274 e. The molecule has 0 saturated heterocycles. The number of hydrogen-bond donors (Lipinski definition) is 2. The summed E-state index contributed by atoms with van der Waals surface area (Å²) in [6, 6.07) is 9.45. The van der Waals surface area contributed by atoms with Crippen LogP contribution in [0.2, 0.25) is 0 Å². The lowest BCUT2D eigenvalue weighted by Crippen LogP contribution is -2.34. The van der Waals surface area contributed by atoms with E-state index in [0.29, 0.717) is 11.3 Å². The lowest BCUT2D eigenvalue weighted by Gasteiger charge is -2.10. The molecule has 0 aliphatic carbocycles. The van der Waals surface area contributed by atoms with Gasteiger partial charge in [-0.15, -0.1) is 0 Å². The molecule has 1 amide bonds. The number of thiocarbonyl (C=S) groups is 1. The number of nitro groups is 2. The van der Waals surface area contributed by atoms with Crippen LogP contribution < -0.4 is 10.6 Å². The van der Waals surface area contributed by atoms with E-state index in [2.05, 4.69) is 10.6 Å². The van der Waals surface area contributed by atoms with Crippen molar-refractivity contribution in [3.8, 4) is 0 Å². The Morgan fingerprint density at radius 1 is 1.04 bits per heavy atom. The molecule has 0 unspecified atom stereocenters. The van der Waals surface area contributed by atoms with Gasteiger partial charge in [0.2, 0.25) is 0 Å². The Bertz CT molecular complexity index is 867. The summed E-state index contributed by atoms with van der Waals surface area (Å²) in [7, 11) is 0. The number of benzene rings is 2. The molecule has 2 N–H and O–H groups in total. The van der Waals surface area contributed by atoms with Crippen LogP contribution in [0.5, 0.6) is 0 Å². The minimum atomic E-state index is -0.571. The third kappa shape index (κ3) is 4.54. The molecular formula is C15H12N4O5S. The lowest BCUT2D eigenvalue weighted by atomic mass is 10.2. The molecular weight excluding hydrogens is 348 g/mol. The highest BCUT2D eigenvalue weighted by Crippen LogP contribution is 2.22. The van der Waals surface area contributed by atoms with Crippen LogP contribution in [0.15, 0.2) is 42.5 Å². The Labute approximate surface area is 147 Å². The second-order valence-corrected chi connectivity index (χ2v) is 5.38. The van der Waals surface area contributed by atoms with Crippen molar-refractivity contribution in [2.24, 2.45) is 0 Å². The molecule has 0 bridgehead atoms. The van der Waals surface area contributed by atoms with Crippen LogP contribution in [0.4, 0.5) is 17.1 Å². The number of carbonyl (C=O) groups excluding carboxylic acids is 1. The van der Waals surface area contributed by atoms with Crippen molar-refractivity contribution < 1.29 is 14.6 Å². The molecule has 0 saturated carbocycles. The average Bonchev–Trinajstić information content (AvgIpc) is 2.56. The summed E-state index contributed by atoms with van der Waals surface area (Å²) < 4.78 is 0. The predicted octanol–water partition coefficient (Wildman–Crippen LogP) is 2.94. The molecule has 0 heterocycles. The van der Waals surface area contributed by atoms with E-state index in [4.69, 9.17) is 12.2 Å². The maximum atomic E-state index is 12.0. The van der Waals surface area contributed by atoms with E-state index in [9.17, 15) is 25.0 Å². The molecule has 0 aromatic heterocycles. The molecule has 2 rings (SSSR count).